The fraction of sp³-hybridized carbons (Fsp3) is 0.368. The molecule has 27 heavy (non-hydrogen) atoms. The van der Waals surface area contributed by atoms with Crippen molar-refractivity contribution in [1.29, 1.82) is 0 Å². The molecule has 2 aromatic heterocycles. The van der Waals surface area contributed by atoms with Gasteiger partial charge in [-0.2, -0.15) is 5.10 Å². The van der Waals surface area contributed by atoms with Gasteiger partial charge in [0.25, 0.3) is 5.91 Å². The molecule has 8 heteroatoms. The number of piperidine rings is 1. The zero-order valence-corrected chi connectivity index (χ0v) is 15.4. The molecule has 0 bridgehead atoms. The Morgan fingerprint density at radius 2 is 2.22 bits per heavy atom. The van der Waals surface area contributed by atoms with E-state index >= 15 is 0 Å². The van der Waals surface area contributed by atoms with Gasteiger partial charge in [-0.15, -0.1) is 10.2 Å². The Balaban J connectivity index is 1.51. The molecule has 1 unspecified atom stereocenters. The molecule has 4 rings (SSSR count). The summed E-state index contributed by atoms with van der Waals surface area (Å²) in [7, 11) is 3.56. The first kappa shape index (κ1) is 17.3. The van der Waals surface area contributed by atoms with Crippen LogP contribution in [0.3, 0.4) is 0 Å². The van der Waals surface area contributed by atoms with Gasteiger partial charge in [-0.05, 0) is 31.0 Å². The highest BCUT2D eigenvalue weighted by atomic mass is 16.5. The number of amides is 1. The molecular weight excluding hydrogens is 344 g/mol. The van der Waals surface area contributed by atoms with Crippen LogP contribution in [0.2, 0.25) is 0 Å². The van der Waals surface area contributed by atoms with Gasteiger partial charge in [0.1, 0.15) is 23.6 Å². The Kier molecular flexibility index (Phi) is 4.62. The summed E-state index contributed by atoms with van der Waals surface area (Å²) in [6.07, 6.45) is 3.65. The summed E-state index contributed by atoms with van der Waals surface area (Å²) < 4.78 is 7.18. The van der Waals surface area contributed by atoms with Gasteiger partial charge in [0.15, 0.2) is 0 Å². The van der Waals surface area contributed by atoms with Crippen molar-refractivity contribution in [1.82, 2.24) is 29.9 Å². The maximum Gasteiger partial charge on any atom is 0.271 e. The molecule has 0 aliphatic carbocycles. The van der Waals surface area contributed by atoms with E-state index in [1.807, 2.05) is 40.8 Å². The first-order valence-corrected chi connectivity index (χ1v) is 8.98. The van der Waals surface area contributed by atoms with E-state index < -0.39 is 0 Å². The van der Waals surface area contributed by atoms with Gasteiger partial charge < -0.3 is 14.2 Å². The van der Waals surface area contributed by atoms with E-state index in [4.69, 9.17) is 4.74 Å². The van der Waals surface area contributed by atoms with Crippen molar-refractivity contribution in [3.8, 4) is 17.0 Å². The van der Waals surface area contributed by atoms with Gasteiger partial charge >= 0.3 is 0 Å². The van der Waals surface area contributed by atoms with Gasteiger partial charge in [-0.1, -0.05) is 12.1 Å². The maximum absolute atomic E-state index is 13.0. The predicted molar refractivity (Wildman–Crippen MR) is 99.5 cm³/mol. The van der Waals surface area contributed by atoms with Crippen LogP contribution in [0.5, 0.6) is 5.75 Å². The van der Waals surface area contributed by atoms with E-state index in [2.05, 4.69) is 20.4 Å². The van der Waals surface area contributed by atoms with E-state index in [0.717, 1.165) is 42.2 Å². The molecule has 1 aliphatic rings. The van der Waals surface area contributed by atoms with E-state index in [9.17, 15) is 4.79 Å². The van der Waals surface area contributed by atoms with Crippen LogP contribution >= 0.6 is 0 Å². The lowest BCUT2D eigenvalue weighted by Gasteiger charge is -2.31. The summed E-state index contributed by atoms with van der Waals surface area (Å²) in [5, 5.41) is 15.4. The predicted octanol–water partition coefficient (Wildman–Crippen LogP) is 2.23. The summed E-state index contributed by atoms with van der Waals surface area (Å²) in [6.45, 7) is 1.37. The fourth-order valence-electron chi connectivity index (χ4n) is 3.57. The van der Waals surface area contributed by atoms with Crippen molar-refractivity contribution >= 4 is 5.91 Å². The largest absolute Gasteiger partial charge is 0.497 e. The third kappa shape index (κ3) is 3.42. The number of nitrogens with one attached hydrogen (secondary N) is 1. The average molecular weight is 366 g/mol. The highest BCUT2D eigenvalue weighted by Crippen LogP contribution is 2.27. The van der Waals surface area contributed by atoms with Crippen molar-refractivity contribution in [2.24, 2.45) is 7.05 Å². The molecular formula is C19H22N6O2. The quantitative estimate of drug-likeness (QED) is 0.765. The second-order valence-corrected chi connectivity index (χ2v) is 6.79. The minimum absolute atomic E-state index is 0.0384. The third-order valence-corrected chi connectivity index (χ3v) is 4.99. The lowest BCUT2D eigenvalue weighted by Crippen LogP contribution is -2.39. The molecule has 0 radical (unpaired) electrons. The van der Waals surface area contributed by atoms with E-state index in [-0.39, 0.29) is 11.8 Å². The van der Waals surface area contributed by atoms with Crippen LogP contribution < -0.4 is 4.74 Å². The lowest BCUT2D eigenvalue weighted by atomic mass is 9.97. The topological polar surface area (TPSA) is 88.9 Å². The number of likely N-dealkylation sites (tertiary alicyclic amines) is 1. The minimum Gasteiger partial charge on any atom is -0.497 e. The van der Waals surface area contributed by atoms with E-state index in [1.165, 1.54) is 0 Å². The number of aryl methyl sites for hydroxylation is 1. The number of rotatable bonds is 4. The number of ether oxygens (including phenoxy) is 1. The Bertz CT molecular complexity index is 947. The number of nitrogens with zero attached hydrogens (tertiary/aromatic N) is 5. The number of hydrogen-bond acceptors (Lipinski definition) is 5. The van der Waals surface area contributed by atoms with Crippen LogP contribution in [0.15, 0.2) is 36.7 Å². The van der Waals surface area contributed by atoms with Gasteiger partial charge in [-0.25, -0.2) is 0 Å². The SMILES string of the molecule is COc1cccc(-c2cc(C(=O)N3CCCC(c4nncn4C)C3)[nH]n2)c1. The standard InChI is InChI=1S/C19H22N6O2/c1-24-12-20-23-18(24)14-6-4-8-25(11-14)19(26)17-10-16(21-22-17)13-5-3-7-15(9-13)27-2/h3,5,7,9-10,12,14H,4,6,8,11H2,1-2H3,(H,21,22). The number of H-pyrrole nitrogens is 1. The normalized spacial score (nSPS) is 17.1. The maximum atomic E-state index is 13.0. The Hall–Kier alpha value is -3.16. The van der Waals surface area contributed by atoms with Crippen molar-refractivity contribution in [3.05, 3.63) is 48.2 Å². The highest BCUT2D eigenvalue weighted by molar-refractivity contribution is 5.93. The van der Waals surface area contributed by atoms with Crippen LogP contribution in [-0.4, -0.2) is 56.0 Å². The van der Waals surface area contributed by atoms with Crippen LogP contribution in [0.4, 0.5) is 0 Å². The molecule has 8 nitrogen and oxygen atoms in total. The Morgan fingerprint density at radius 1 is 1.33 bits per heavy atom. The number of carbonyl (C=O) groups is 1. The number of hydrogen-bond donors (Lipinski definition) is 1. The molecule has 1 N–H and O–H groups in total. The summed E-state index contributed by atoms with van der Waals surface area (Å²) in [4.78, 5) is 14.8. The van der Waals surface area contributed by atoms with E-state index in [1.54, 1.807) is 19.5 Å². The van der Waals surface area contributed by atoms with Crippen molar-refractivity contribution in [2.75, 3.05) is 20.2 Å². The smallest absolute Gasteiger partial charge is 0.271 e. The van der Waals surface area contributed by atoms with Crippen molar-refractivity contribution < 1.29 is 9.53 Å². The van der Waals surface area contributed by atoms with Gasteiger partial charge in [0, 0.05) is 31.6 Å². The van der Waals surface area contributed by atoms with Gasteiger partial charge in [0.05, 0.1) is 12.8 Å². The summed E-state index contributed by atoms with van der Waals surface area (Å²) in [5.74, 6) is 1.85. The lowest BCUT2D eigenvalue weighted by molar-refractivity contribution is 0.0697. The number of benzene rings is 1. The molecule has 1 aromatic carbocycles. The summed E-state index contributed by atoms with van der Waals surface area (Å²) in [6, 6.07) is 9.42. The first-order chi connectivity index (χ1) is 13.2. The van der Waals surface area contributed by atoms with Crippen LogP contribution in [-0.2, 0) is 7.05 Å². The number of aromatic nitrogens is 5. The molecule has 0 spiro atoms. The molecule has 140 valence electrons. The molecule has 1 fully saturated rings. The molecule has 3 aromatic rings. The monoisotopic (exact) mass is 366 g/mol. The molecule has 1 aliphatic heterocycles. The number of methoxy groups -OCH3 is 1. The second-order valence-electron chi connectivity index (χ2n) is 6.79. The number of aromatic amines is 1. The molecule has 1 atom stereocenters. The molecule has 0 saturated carbocycles. The van der Waals surface area contributed by atoms with E-state index in [0.29, 0.717) is 12.2 Å². The Morgan fingerprint density at radius 3 is 3.00 bits per heavy atom. The second kappa shape index (κ2) is 7.22. The zero-order valence-electron chi connectivity index (χ0n) is 15.4. The molecule has 1 amide bonds. The zero-order chi connectivity index (χ0) is 18.8. The number of carbonyl (C=O) groups excluding carboxylic acids is 1. The van der Waals surface area contributed by atoms with Crippen molar-refractivity contribution in [2.45, 2.75) is 18.8 Å². The summed E-state index contributed by atoms with van der Waals surface area (Å²) in [5.41, 5.74) is 2.12. The average Bonchev–Trinajstić information content (AvgIpc) is 3.37. The van der Waals surface area contributed by atoms with Gasteiger partial charge in [0.2, 0.25) is 0 Å². The fourth-order valence-corrected chi connectivity index (χ4v) is 3.57. The van der Waals surface area contributed by atoms with Crippen LogP contribution in [0.25, 0.3) is 11.3 Å². The van der Waals surface area contributed by atoms with Gasteiger partial charge in [-0.3, -0.25) is 9.89 Å². The van der Waals surface area contributed by atoms with Crippen molar-refractivity contribution in [3.63, 3.8) is 0 Å². The van der Waals surface area contributed by atoms with Crippen LogP contribution in [0, 0.1) is 0 Å². The Labute approximate surface area is 157 Å². The first-order valence-electron chi connectivity index (χ1n) is 8.98. The third-order valence-electron chi connectivity index (χ3n) is 4.99. The minimum atomic E-state index is -0.0384. The summed E-state index contributed by atoms with van der Waals surface area (Å²) >= 11 is 0. The molecule has 1 saturated heterocycles. The van der Waals surface area contributed by atoms with Crippen LogP contribution in [0.1, 0.15) is 35.1 Å². The molecule has 3 heterocycles. The highest BCUT2D eigenvalue weighted by Gasteiger charge is 2.28.